The van der Waals surface area contributed by atoms with Crippen LogP contribution >= 0.6 is 0 Å². The summed E-state index contributed by atoms with van der Waals surface area (Å²) in [6, 6.07) is 29.0. The summed E-state index contributed by atoms with van der Waals surface area (Å²) < 4.78 is 31.3. The van der Waals surface area contributed by atoms with E-state index in [1.807, 2.05) is 84.9 Å². The van der Waals surface area contributed by atoms with E-state index in [0.29, 0.717) is 29.5 Å². The van der Waals surface area contributed by atoms with E-state index >= 15 is 0 Å². The van der Waals surface area contributed by atoms with Crippen molar-refractivity contribution in [3.8, 4) is 11.5 Å². The number of anilines is 1. The highest BCUT2D eigenvalue weighted by Gasteiger charge is 2.42. The van der Waals surface area contributed by atoms with E-state index in [-0.39, 0.29) is 24.5 Å². The normalized spacial score (nSPS) is 17.9. The Morgan fingerprint density at radius 2 is 1.60 bits per heavy atom. The Kier molecular flexibility index (Phi) is 8.68. The summed E-state index contributed by atoms with van der Waals surface area (Å²) in [5, 5.41) is 14.4. The summed E-state index contributed by atoms with van der Waals surface area (Å²) in [5.74, 6) is 2.38. The Labute approximate surface area is 275 Å². The molecule has 0 spiro atoms. The molecule has 1 aliphatic rings. The maximum Gasteiger partial charge on any atom is 0.280 e. The van der Waals surface area contributed by atoms with Gasteiger partial charge in [-0.3, -0.25) is 14.3 Å². The molecule has 3 aromatic carbocycles. The van der Waals surface area contributed by atoms with Crippen molar-refractivity contribution in [3.63, 3.8) is 0 Å². The van der Waals surface area contributed by atoms with Crippen LogP contribution in [0.1, 0.15) is 35.1 Å². The number of aliphatic hydroxyl groups is 1. The molecule has 1 aliphatic heterocycles. The molecule has 0 amide bonds. The predicted molar refractivity (Wildman–Crippen MR) is 177 cm³/mol. The van der Waals surface area contributed by atoms with Gasteiger partial charge in [0.15, 0.2) is 11.2 Å². The molecule has 12 heteroatoms. The molecule has 12 nitrogen and oxygen atoms in total. The zero-order chi connectivity index (χ0) is 33.1. The standard InChI is InChI=1S/C36H35N5O7/c1-44-26-14-10-24(11-15-26)36(23-7-4-3-5-8-23,25-12-16-27(45-2)17-13-25)47-21-30-29(42)19-31(48-30)41-22-38-32-33(41)39-35(40-34(32)43)37-20-28-9-6-18-46-28/h3-18,22,29-31,42H,19-21H2,1-2H3,(H2,37,39,40,43)/t29-,30+,31+/m0/s1. The number of nitrogens with zero attached hydrogens (tertiary/aromatic N) is 3. The molecule has 3 N–H and O–H groups in total. The smallest absolute Gasteiger partial charge is 0.280 e. The van der Waals surface area contributed by atoms with Crippen molar-refractivity contribution in [2.75, 3.05) is 26.1 Å². The number of methoxy groups -OCH3 is 2. The van der Waals surface area contributed by atoms with Crippen LogP contribution < -0.4 is 20.3 Å². The third-order valence-electron chi connectivity index (χ3n) is 8.59. The fourth-order valence-electron chi connectivity index (χ4n) is 6.12. The second-order valence-corrected chi connectivity index (χ2v) is 11.4. The number of aromatic nitrogens is 4. The van der Waals surface area contributed by atoms with Crippen LogP contribution in [0.2, 0.25) is 0 Å². The van der Waals surface area contributed by atoms with Gasteiger partial charge in [-0.05, 0) is 53.1 Å². The number of aromatic amines is 1. The highest BCUT2D eigenvalue weighted by atomic mass is 16.6. The molecule has 3 aromatic heterocycles. The molecule has 48 heavy (non-hydrogen) atoms. The topological polar surface area (TPSA) is 146 Å². The van der Waals surface area contributed by atoms with Crippen molar-refractivity contribution in [3.05, 3.63) is 136 Å². The van der Waals surface area contributed by atoms with Gasteiger partial charge < -0.3 is 33.8 Å². The van der Waals surface area contributed by atoms with Gasteiger partial charge in [-0.25, -0.2) is 4.98 Å². The molecule has 0 bridgehead atoms. The zero-order valence-electron chi connectivity index (χ0n) is 26.4. The molecule has 6 aromatic rings. The van der Waals surface area contributed by atoms with E-state index in [9.17, 15) is 9.90 Å². The lowest BCUT2D eigenvalue weighted by atomic mass is 9.80. The molecule has 1 fully saturated rings. The summed E-state index contributed by atoms with van der Waals surface area (Å²) in [6.07, 6.45) is 1.11. The van der Waals surface area contributed by atoms with Crippen LogP contribution in [0.25, 0.3) is 11.2 Å². The molecule has 0 radical (unpaired) electrons. The van der Waals surface area contributed by atoms with Gasteiger partial charge in [0, 0.05) is 6.42 Å². The predicted octanol–water partition coefficient (Wildman–Crippen LogP) is 5.00. The molecule has 246 valence electrons. The van der Waals surface area contributed by atoms with Crippen LogP contribution in [0.4, 0.5) is 5.95 Å². The van der Waals surface area contributed by atoms with E-state index < -0.39 is 29.6 Å². The number of aliphatic hydroxyl groups excluding tert-OH is 1. The number of furan rings is 1. The van der Waals surface area contributed by atoms with Gasteiger partial charge in [-0.2, -0.15) is 4.98 Å². The van der Waals surface area contributed by atoms with Crippen molar-refractivity contribution < 1.29 is 28.5 Å². The van der Waals surface area contributed by atoms with E-state index in [4.69, 9.17) is 23.4 Å². The molecule has 7 rings (SSSR count). The quantitative estimate of drug-likeness (QED) is 0.155. The second kappa shape index (κ2) is 13.4. The van der Waals surface area contributed by atoms with Crippen molar-refractivity contribution in [2.24, 2.45) is 0 Å². The first-order valence-corrected chi connectivity index (χ1v) is 15.5. The largest absolute Gasteiger partial charge is 0.497 e. The number of imidazole rings is 1. The van der Waals surface area contributed by atoms with Crippen molar-refractivity contribution in [1.82, 2.24) is 19.5 Å². The van der Waals surface area contributed by atoms with Crippen LogP contribution in [0, 0.1) is 0 Å². The lowest BCUT2D eigenvalue weighted by Gasteiger charge is -2.37. The minimum Gasteiger partial charge on any atom is -0.497 e. The highest BCUT2D eigenvalue weighted by Crippen LogP contribution is 2.43. The second-order valence-electron chi connectivity index (χ2n) is 11.4. The molecular weight excluding hydrogens is 614 g/mol. The SMILES string of the molecule is COc1ccc(C(OC[C@H]2O[C@@H](n3cnc4c(=O)[nH]c(NCc5ccco5)nc43)C[C@@H]2O)(c2ccccc2)c2ccc(OC)cc2)cc1. The summed E-state index contributed by atoms with van der Waals surface area (Å²) in [5.41, 5.74) is 1.64. The molecule has 0 aliphatic carbocycles. The Morgan fingerprint density at radius 1 is 0.938 bits per heavy atom. The van der Waals surface area contributed by atoms with E-state index in [1.54, 1.807) is 31.1 Å². The Hall–Kier alpha value is -5.43. The monoisotopic (exact) mass is 649 g/mol. The number of rotatable bonds is 12. The number of hydrogen-bond acceptors (Lipinski definition) is 10. The summed E-state index contributed by atoms with van der Waals surface area (Å²) in [7, 11) is 3.25. The van der Waals surface area contributed by atoms with Gasteiger partial charge in [0.1, 0.15) is 35.2 Å². The maximum atomic E-state index is 12.9. The fraction of sp³-hybridized carbons (Fsp3) is 0.250. The van der Waals surface area contributed by atoms with Gasteiger partial charge in [0.25, 0.3) is 5.56 Å². The summed E-state index contributed by atoms with van der Waals surface area (Å²) in [6.45, 7) is 0.375. The third-order valence-corrected chi connectivity index (χ3v) is 8.59. The van der Waals surface area contributed by atoms with Crippen LogP contribution in [-0.4, -0.2) is 57.7 Å². The fourth-order valence-corrected chi connectivity index (χ4v) is 6.12. The van der Waals surface area contributed by atoms with E-state index in [1.165, 1.54) is 6.33 Å². The molecule has 0 saturated carbocycles. The molecule has 1 saturated heterocycles. The first-order valence-electron chi connectivity index (χ1n) is 15.5. The maximum absolute atomic E-state index is 12.9. The average Bonchev–Trinajstić information content (AvgIpc) is 3.89. The van der Waals surface area contributed by atoms with Gasteiger partial charge in [-0.15, -0.1) is 0 Å². The molecular formula is C36H35N5O7. The molecule has 4 heterocycles. The van der Waals surface area contributed by atoms with Gasteiger partial charge >= 0.3 is 0 Å². The van der Waals surface area contributed by atoms with Crippen molar-refractivity contribution in [2.45, 2.75) is 37.0 Å². The number of hydrogen-bond donors (Lipinski definition) is 3. The van der Waals surface area contributed by atoms with Crippen LogP contribution in [0.15, 0.2) is 113 Å². The Balaban J connectivity index is 1.19. The minimum absolute atomic E-state index is 0.0429. The number of ether oxygens (including phenoxy) is 4. The van der Waals surface area contributed by atoms with E-state index in [2.05, 4.69) is 20.3 Å². The van der Waals surface area contributed by atoms with Crippen LogP contribution in [0.3, 0.4) is 0 Å². The lowest BCUT2D eigenvalue weighted by molar-refractivity contribution is -0.0931. The zero-order valence-corrected chi connectivity index (χ0v) is 26.4. The van der Waals surface area contributed by atoms with Gasteiger partial charge in [0.2, 0.25) is 5.95 Å². The summed E-state index contributed by atoms with van der Waals surface area (Å²) >= 11 is 0. The average molecular weight is 650 g/mol. The Morgan fingerprint density at radius 3 is 2.23 bits per heavy atom. The summed E-state index contributed by atoms with van der Waals surface area (Å²) in [4.78, 5) is 24.5. The van der Waals surface area contributed by atoms with Gasteiger partial charge in [0.05, 0.1) is 46.1 Å². The first kappa shape index (κ1) is 31.2. The first-order chi connectivity index (χ1) is 23.5. The molecule has 3 atom stereocenters. The van der Waals surface area contributed by atoms with E-state index in [0.717, 1.165) is 16.7 Å². The Bertz CT molecular complexity index is 1960. The van der Waals surface area contributed by atoms with Crippen molar-refractivity contribution in [1.29, 1.82) is 0 Å². The third kappa shape index (κ3) is 5.92. The number of fused-ring (bicyclic) bond motifs is 1. The number of nitrogens with one attached hydrogen (secondary N) is 2. The molecule has 0 unspecified atom stereocenters. The van der Waals surface area contributed by atoms with Crippen LogP contribution in [-0.2, 0) is 21.6 Å². The minimum atomic E-state index is -1.08. The van der Waals surface area contributed by atoms with Crippen molar-refractivity contribution >= 4 is 17.1 Å². The number of H-pyrrole nitrogens is 1. The number of benzene rings is 3. The van der Waals surface area contributed by atoms with Gasteiger partial charge in [-0.1, -0.05) is 54.6 Å². The van der Waals surface area contributed by atoms with Crippen LogP contribution in [0.5, 0.6) is 11.5 Å². The highest BCUT2D eigenvalue weighted by molar-refractivity contribution is 5.71. The lowest BCUT2D eigenvalue weighted by Crippen LogP contribution is -2.38.